The van der Waals surface area contributed by atoms with Gasteiger partial charge in [-0.15, -0.1) is 0 Å². The maximum Gasteiger partial charge on any atom is 0 e. The number of hydrogen-bond donors (Lipinski definition) is 0. The van der Waals surface area contributed by atoms with Crippen LogP contribution in [0.25, 0.3) is 0 Å². The molecule has 23 valence electrons. The molecule has 0 atom stereocenters. The molecule has 0 aliphatic rings. The summed E-state index contributed by atoms with van der Waals surface area (Å²) in [6.45, 7) is 0. The molecule has 4 heteroatoms. The summed E-state index contributed by atoms with van der Waals surface area (Å²) in [6, 6.07) is 0. The summed E-state index contributed by atoms with van der Waals surface area (Å²) in [7, 11) is 0. The molecule has 0 aromatic carbocycles. The molecule has 0 N–H and O–H groups in total. The molecule has 0 saturated carbocycles. The Labute approximate surface area is 125 Å². The first-order chi connectivity index (χ1) is 0. The first-order valence-corrected chi connectivity index (χ1v) is 0. The van der Waals surface area contributed by atoms with Gasteiger partial charge < -0.3 is 0 Å². The Balaban J connectivity index is 0. The van der Waals surface area contributed by atoms with Crippen LogP contribution in [0.3, 0.4) is 0 Å². The summed E-state index contributed by atoms with van der Waals surface area (Å²) in [6.07, 6.45) is 0. The van der Waals surface area contributed by atoms with Gasteiger partial charge in [-0.2, -0.15) is 0 Å². The van der Waals surface area contributed by atoms with Crippen molar-refractivity contribution in [3.8, 4) is 0 Å². The van der Waals surface area contributed by atoms with Crippen molar-refractivity contribution in [3.05, 3.63) is 0 Å². The van der Waals surface area contributed by atoms with E-state index in [0.29, 0.717) is 0 Å². The Kier molecular flexibility index (Phi) is 93.8. The zero-order valence-electron chi connectivity index (χ0n) is 2.00. The van der Waals surface area contributed by atoms with Crippen molar-refractivity contribution >= 4 is 81.9 Å². The Morgan fingerprint density at radius 3 is 0.500 bits per heavy atom. The van der Waals surface area contributed by atoms with Crippen LogP contribution in [0.4, 0.5) is 0 Å². The van der Waals surface area contributed by atoms with Crippen LogP contribution in [-0.4, -0.2) is 81.9 Å². The molecule has 0 spiro atoms. The molecule has 0 unspecified atom stereocenters. The maximum absolute atomic E-state index is 0. The van der Waals surface area contributed by atoms with Gasteiger partial charge >= 0.3 is 0 Å². The average Bonchev–Trinajstić information content (AvgIpc) is 0. The Bertz CT molecular complexity index is 3.25. The smallest absolute Gasteiger partial charge is 0 e. The summed E-state index contributed by atoms with van der Waals surface area (Å²) in [5.41, 5.74) is 0. The second-order valence-electron chi connectivity index (χ2n) is 0. The normalized spacial score (nSPS) is 0. The minimum Gasteiger partial charge on any atom is 0 e. The molecule has 0 aromatic heterocycles. The fourth-order valence-electron chi connectivity index (χ4n) is 0. The summed E-state index contributed by atoms with van der Waals surface area (Å²) < 4.78 is 0. The van der Waals surface area contributed by atoms with Gasteiger partial charge in [-0.25, -0.2) is 0 Å². The summed E-state index contributed by atoms with van der Waals surface area (Å²) in [5, 5.41) is 0. The quantitative estimate of drug-likeness (QED) is 0.273. The van der Waals surface area contributed by atoms with Gasteiger partial charge in [0.05, 0.1) is 0 Å². The molecule has 0 heterocycles. The monoisotopic (exact) mass is 789 g/mol. The van der Waals surface area contributed by atoms with E-state index in [2.05, 4.69) is 0 Å². The van der Waals surface area contributed by atoms with Crippen molar-refractivity contribution in [2.45, 2.75) is 0 Å². The summed E-state index contributed by atoms with van der Waals surface area (Å²) >= 11 is 0. The van der Waals surface area contributed by atoms with Gasteiger partial charge in [0, 0.05) is 129 Å². The second kappa shape index (κ2) is 15.7. The van der Waals surface area contributed by atoms with E-state index in [1.165, 1.54) is 0 Å². The minimum absolute atomic E-state index is 0. The van der Waals surface area contributed by atoms with Gasteiger partial charge in [0.1, 0.15) is 0 Å². The van der Waals surface area contributed by atoms with E-state index >= 15 is 0 Å². The summed E-state index contributed by atoms with van der Waals surface area (Å²) in [5.74, 6) is 0. The summed E-state index contributed by atoms with van der Waals surface area (Å²) in [4.78, 5) is 0. The molecule has 0 amide bonds. The van der Waals surface area contributed by atoms with E-state index in [-0.39, 0.29) is 129 Å². The van der Waals surface area contributed by atoms with Crippen LogP contribution in [0.1, 0.15) is 0 Å². The van der Waals surface area contributed by atoms with Crippen LogP contribution in [0.5, 0.6) is 0 Å². The maximum atomic E-state index is 0. The van der Waals surface area contributed by atoms with Crippen molar-refractivity contribution in [1.82, 2.24) is 0 Å². The van der Waals surface area contributed by atoms with E-state index in [1.54, 1.807) is 0 Å². The number of rotatable bonds is 0. The van der Waals surface area contributed by atoms with Crippen LogP contribution in [0, 0.1) is 46.9 Å². The predicted molar refractivity (Wildman–Crippen MR) is 17.3 cm³/mol. The molecule has 0 bridgehead atoms. The van der Waals surface area contributed by atoms with E-state index in [1.807, 2.05) is 0 Å². The molecule has 0 aliphatic carbocycles. The van der Waals surface area contributed by atoms with Crippen molar-refractivity contribution in [1.29, 1.82) is 0 Å². The van der Waals surface area contributed by atoms with Gasteiger partial charge in [0.2, 0.25) is 0 Å². The van der Waals surface area contributed by atoms with Crippen LogP contribution in [0.15, 0.2) is 0 Å². The topological polar surface area (TPSA) is 0 Å². The molecule has 4 heavy (non-hydrogen) atoms. The average molecular weight is 786 g/mol. The van der Waals surface area contributed by atoms with Crippen LogP contribution < -0.4 is 0 Å². The zero-order valence-corrected chi connectivity index (χ0v) is 17.2. The van der Waals surface area contributed by atoms with Crippen LogP contribution >= 0.6 is 0 Å². The third kappa shape index (κ3) is 9.56. The largest absolute Gasteiger partial charge is 0 e. The van der Waals surface area contributed by atoms with Gasteiger partial charge in [-0.3, -0.25) is 0 Å². The fourth-order valence-corrected chi connectivity index (χ4v) is 0. The predicted octanol–water partition coefficient (Wildman–Crippen LogP) is -1.14. The van der Waals surface area contributed by atoms with Crippen molar-refractivity contribution in [2.24, 2.45) is 0 Å². The van der Waals surface area contributed by atoms with Gasteiger partial charge in [-0.05, 0) is 0 Å². The van der Waals surface area contributed by atoms with Gasteiger partial charge in [-0.1, -0.05) is 0 Å². The Morgan fingerprint density at radius 2 is 0.500 bits per heavy atom. The third-order valence-corrected chi connectivity index (χ3v) is 0. The molecular weight excluding hydrogens is 786 g/mol. The van der Waals surface area contributed by atoms with Crippen molar-refractivity contribution in [3.63, 3.8) is 0 Å². The molecule has 0 aromatic rings. The van der Waals surface area contributed by atoms with Crippen LogP contribution in [-0.2, 0) is 0 Å². The first-order valence-electron chi connectivity index (χ1n) is 0. The molecule has 3 radical (unpaired) electrons. The SMILES string of the molecule is [Tl].[Tl].[Tl].[Yb]. The van der Waals surface area contributed by atoms with E-state index < -0.39 is 0 Å². The molecule has 0 aliphatic heterocycles. The number of hydrogen-bond acceptors (Lipinski definition) is 0. The standard InChI is InChI=1S/3Tl.Yb. The molecule has 0 fully saturated rings. The molecule has 0 nitrogen and oxygen atoms in total. The minimum atomic E-state index is 0. The molecule has 0 rings (SSSR count). The first kappa shape index (κ1) is 23.9. The Hall–Kier alpha value is 4.29. The van der Waals surface area contributed by atoms with E-state index in [9.17, 15) is 0 Å². The van der Waals surface area contributed by atoms with Crippen molar-refractivity contribution in [2.75, 3.05) is 0 Å². The third-order valence-electron chi connectivity index (χ3n) is 0. The van der Waals surface area contributed by atoms with E-state index in [0.717, 1.165) is 0 Å². The van der Waals surface area contributed by atoms with Crippen LogP contribution in [0.2, 0.25) is 0 Å². The van der Waals surface area contributed by atoms with E-state index in [4.69, 9.17) is 0 Å². The fraction of sp³-hybridized carbons (Fsp3) is 0. The molecular formula is Tl3Yb. The molecule has 0 saturated heterocycles. The Morgan fingerprint density at radius 1 is 0.500 bits per heavy atom. The van der Waals surface area contributed by atoms with Gasteiger partial charge in [0.25, 0.3) is 0 Å². The van der Waals surface area contributed by atoms with Crippen molar-refractivity contribution < 1.29 is 46.9 Å². The second-order valence-corrected chi connectivity index (χ2v) is 0. The zero-order chi connectivity index (χ0) is 0. The van der Waals surface area contributed by atoms with Gasteiger partial charge in [0.15, 0.2) is 0 Å².